The van der Waals surface area contributed by atoms with Crippen molar-refractivity contribution in [3.8, 4) is 0 Å². The number of carbonyl (C=O) groups excluding carboxylic acids is 1. The van der Waals surface area contributed by atoms with Gasteiger partial charge >= 0.3 is 0 Å². The van der Waals surface area contributed by atoms with Crippen LogP contribution in [-0.4, -0.2) is 36.5 Å². The fourth-order valence-electron chi connectivity index (χ4n) is 3.09. The van der Waals surface area contributed by atoms with Crippen molar-refractivity contribution in [1.82, 2.24) is 4.90 Å². The summed E-state index contributed by atoms with van der Waals surface area (Å²) in [5.41, 5.74) is 2.45. The molecule has 0 aromatic heterocycles. The Labute approximate surface area is 125 Å². The number of halogens is 1. The molecular weight excluding hydrogens is 272 g/mol. The van der Waals surface area contributed by atoms with E-state index in [0.717, 1.165) is 31.0 Å². The summed E-state index contributed by atoms with van der Waals surface area (Å²) >= 11 is 6.06. The zero-order valence-electron chi connectivity index (χ0n) is 11.9. The predicted octanol–water partition coefficient (Wildman–Crippen LogP) is 3.10. The molecule has 20 heavy (non-hydrogen) atoms. The molecule has 1 fully saturated rings. The van der Waals surface area contributed by atoms with Crippen LogP contribution in [0.2, 0.25) is 5.02 Å². The van der Waals surface area contributed by atoms with Gasteiger partial charge in [0.1, 0.15) is 0 Å². The molecule has 0 bridgehead atoms. The third-order valence-corrected chi connectivity index (χ3v) is 4.47. The summed E-state index contributed by atoms with van der Waals surface area (Å²) in [6.45, 7) is 4.35. The Balaban J connectivity index is 1.74. The number of hydrogen-bond acceptors (Lipinski definition) is 2. The van der Waals surface area contributed by atoms with Gasteiger partial charge < -0.3 is 9.80 Å². The average Bonchev–Trinajstić information content (AvgIpc) is 3.24. The molecule has 0 radical (unpaired) electrons. The van der Waals surface area contributed by atoms with Crippen LogP contribution in [0.25, 0.3) is 0 Å². The quantitative estimate of drug-likeness (QED) is 0.851. The van der Waals surface area contributed by atoms with Crippen molar-refractivity contribution in [2.75, 3.05) is 24.5 Å². The molecule has 108 valence electrons. The van der Waals surface area contributed by atoms with Crippen molar-refractivity contribution in [2.45, 2.75) is 38.6 Å². The normalized spacial score (nSPS) is 17.8. The number of rotatable bonds is 4. The molecule has 1 aliphatic heterocycles. The van der Waals surface area contributed by atoms with Crippen molar-refractivity contribution in [2.24, 2.45) is 0 Å². The van der Waals surface area contributed by atoms with Gasteiger partial charge in [-0.05, 0) is 56.4 Å². The van der Waals surface area contributed by atoms with E-state index in [9.17, 15) is 4.79 Å². The number of likely N-dealkylation sites (N-methyl/N-ethyl adjacent to an activating group) is 1. The van der Waals surface area contributed by atoms with E-state index in [1.165, 1.54) is 24.1 Å². The molecule has 1 amide bonds. The fourth-order valence-corrected chi connectivity index (χ4v) is 3.28. The lowest BCUT2D eigenvalue weighted by atomic mass is 10.0. The number of aryl methyl sites for hydroxylation is 1. The maximum atomic E-state index is 12.5. The van der Waals surface area contributed by atoms with Crippen LogP contribution in [0.4, 0.5) is 5.69 Å². The van der Waals surface area contributed by atoms with E-state index in [-0.39, 0.29) is 5.91 Å². The van der Waals surface area contributed by atoms with E-state index in [1.54, 1.807) is 0 Å². The van der Waals surface area contributed by atoms with Crippen LogP contribution in [0.5, 0.6) is 0 Å². The topological polar surface area (TPSA) is 23.6 Å². The standard InChI is InChI=1S/C16H21ClN2O/c1-2-19(14-6-7-14)16(20)11-18-9-3-4-12-10-13(17)5-8-15(12)18/h5,8,10,14H,2-4,6-7,9,11H2,1H3. The number of nitrogens with zero attached hydrogens (tertiary/aromatic N) is 2. The minimum absolute atomic E-state index is 0.262. The molecule has 1 aliphatic carbocycles. The highest BCUT2D eigenvalue weighted by atomic mass is 35.5. The van der Waals surface area contributed by atoms with Gasteiger partial charge in [-0.2, -0.15) is 0 Å². The molecule has 2 aliphatic rings. The van der Waals surface area contributed by atoms with Gasteiger partial charge in [0.05, 0.1) is 6.54 Å². The first kappa shape index (κ1) is 13.7. The van der Waals surface area contributed by atoms with Crippen molar-refractivity contribution in [3.63, 3.8) is 0 Å². The molecule has 4 heteroatoms. The summed E-state index contributed by atoms with van der Waals surface area (Å²) in [5.74, 6) is 0.262. The first-order chi connectivity index (χ1) is 9.69. The van der Waals surface area contributed by atoms with Crippen molar-refractivity contribution in [1.29, 1.82) is 0 Å². The number of hydrogen-bond donors (Lipinski definition) is 0. The molecular formula is C16H21ClN2O. The SMILES string of the molecule is CCN(C(=O)CN1CCCc2cc(Cl)ccc21)C1CC1. The Morgan fingerprint density at radius 1 is 1.45 bits per heavy atom. The zero-order valence-corrected chi connectivity index (χ0v) is 12.7. The monoisotopic (exact) mass is 292 g/mol. The van der Waals surface area contributed by atoms with Crippen LogP contribution >= 0.6 is 11.6 Å². The summed E-state index contributed by atoms with van der Waals surface area (Å²) in [5, 5.41) is 0.782. The maximum Gasteiger partial charge on any atom is 0.242 e. The van der Waals surface area contributed by atoms with Crippen molar-refractivity contribution in [3.05, 3.63) is 28.8 Å². The highest BCUT2D eigenvalue weighted by Gasteiger charge is 2.32. The summed E-state index contributed by atoms with van der Waals surface area (Å²) in [7, 11) is 0. The Morgan fingerprint density at radius 3 is 2.95 bits per heavy atom. The second-order valence-electron chi connectivity index (χ2n) is 5.71. The van der Waals surface area contributed by atoms with Crippen molar-refractivity contribution >= 4 is 23.2 Å². The van der Waals surface area contributed by atoms with E-state index in [0.29, 0.717) is 12.6 Å². The Hall–Kier alpha value is -1.22. The lowest BCUT2D eigenvalue weighted by Gasteiger charge is -2.33. The minimum atomic E-state index is 0.262. The molecule has 3 nitrogen and oxygen atoms in total. The predicted molar refractivity (Wildman–Crippen MR) is 82.4 cm³/mol. The number of fused-ring (bicyclic) bond motifs is 1. The summed E-state index contributed by atoms with van der Waals surface area (Å²) in [6, 6.07) is 6.51. The van der Waals surface area contributed by atoms with Crippen LogP contribution in [0.15, 0.2) is 18.2 Å². The molecule has 3 rings (SSSR count). The number of benzene rings is 1. The Kier molecular flexibility index (Phi) is 3.88. The van der Waals surface area contributed by atoms with Gasteiger partial charge in [-0.3, -0.25) is 4.79 Å². The smallest absolute Gasteiger partial charge is 0.242 e. The minimum Gasteiger partial charge on any atom is -0.362 e. The van der Waals surface area contributed by atoms with Gasteiger partial charge in [0.15, 0.2) is 0 Å². The maximum absolute atomic E-state index is 12.5. The van der Waals surface area contributed by atoms with E-state index in [1.807, 2.05) is 17.0 Å². The van der Waals surface area contributed by atoms with E-state index in [2.05, 4.69) is 17.9 Å². The second kappa shape index (κ2) is 5.65. The lowest BCUT2D eigenvalue weighted by molar-refractivity contribution is -0.130. The Bertz CT molecular complexity index is 513. The van der Waals surface area contributed by atoms with Crippen LogP contribution in [0.3, 0.4) is 0 Å². The molecule has 1 saturated carbocycles. The fraction of sp³-hybridized carbons (Fsp3) is 0.562. The van der Waals surface area contributed by atoms with Gasteiger partial charge in [0.25, 0.3) is 0 Å². The third-order valence-electron chi connectivity index (χ3n) is 4.23. The van der Waals surface area contributed by atoms with Crippen molar-refractivity contribution < 1.29 is 4.79 Å². The lowest BCUT2D eigenvalue weighted by Crippen LogP contribution is -2.43. The molecule has 1 heterocycles. The first-order valence-corrected chi connectivity index (χ1v) is 7.89. The van der Waals surface area contributed by atoms with Gasteiger partial charge in [-0.15, -0.1) is 0 Å². The van der Waals surface area contributed by atoms with E-state index < -0.39 is 0 Å². The van der Waals surface area contributed by atoms with Gasteiger partial charge in [0, 0.05) is 29.8 Å². The zero-order chi connectivity index (χ0) is 14.1. The van der Waals surface area contributed by atoms with Gasteiger partial charge in [-0.1, -0.05) is 11.6 Å². The molecule has 0 N–H and O–H groups in total. The summed E-state index contributed by atoms with van der Waals surface area (Å²) < 4.78 is 0. The average molecular weight is 293 g/mol. The molecule has 1 aromatic carbocycles. The van der Waals surface area contributed by atoms with Crippen LogP contribution in [-0.2, 0) is 11.2 Å². The highest BCUT2D eigenvalue weighted by Crippen LogP contribution is 2.31. The Morgan fingerprint density at radius 2 is 2.25 bits per heavy atom. The number of amides is 1. The molecule has 0 unspecified atom stereocenters. The third kappa shape index (κ3) is 2.78. The van der Waals surface area contributed by atoms with Crippen LogP contribution in [0, 0.1) is 0 Å². The molecule has 0 saturated heterocycles. The summed E-state index contributed by atoms with van der Waals surface area (Å²) in [6.07, 6.45) is 4.49. The summed E-state index contributed by atoms with van der Waals surface area (Å²) in [4.78, 5) is 16.7. The second-order valence-corrected chi connectivity index (χ2v) is 6.15. The van der Waals surface area contributed by atoms with Gasteiger partial charge in [-0.25, -0.2) is 0 Å². The van der Waals surface area contributed by atoms with E-state index >= 15 is 0 Å². The molecule has 0 spiro atoms. The molecule has 0 atom stereocenters. The van der Waals surface area contributed by atoms with Gasteiger partial charge in [0.2, 0.25) is 5.91 Å². The van der Waals surface area contributed by atoms with Crippen LogP contribution < -0.4 is 4.90 Å². The highest BCUT2D eigenvalue weighted by molar-refractivity contribution is 6.30. The number of anilines is 1. The van der Waals surface area contributed by atoms with E-state index in [4.69, 9.17) is 11.6 Å². The number of carbonyl (C=O) groups is 1. The van der Waals surface area contributed by atoms with Crippen LogP contribution in [0.1, 0.15) is 31.7 Å². The first-order valence-electron chi connectivity index (χ1n) is 7.52. The molecule has 1 aromatic rings. The largest absolute Gasteiger partial charge is 0.362 e.